The number of nitrogens with one attached hydrogen (secondary N) is 1. The second-order valence-corrected chi connectivity index (χ2v) is 10.5. The Morgan fingerprint density at radius 3 is 2.54 bits per heavy atom. The maximum Gasteiger partial charge on any atom is 0.248 e. The Kier molecular flexibility index (Phi) is 6.69. The number of piperidine rings is 1. The molecule has 1 N–H and O–H groups in total. The third-order valence-corrected chi connectivity index (χ3v) is 8.03. The van der Waals surface area contributed by atoms with Crippen LogP contribution in [0.5, 0.6) is 11.5 Å². The van der Waals surface area contributed by atoms with E-state index in [9.17, 15) is 13.2 Å². The van der Waals surface area contributed by atoms with Crippen molar-refractivity contribution in [3.63, 3.8) is 0 Å². The van der Waals surface area contributed by atoms with Gasteiger partial charge in [0.05, 0.1) is 24.7 Å². The van der Waals surface area contributed by atoms with Gasteiger partial charge in [0.2, 0.25) is 21.9 Å². The van der Waals surface area contributed by atoms with E-state index in [0.717, 1.165) is 12.0 Å². The first-order valence-electron chi connectivity index (χ1n) is 11.6. The molecule has 11 heteroatoms. The van der Waals surface area contributed by atoms with Crippen molar-refractivity contribution in [3.8, 4) is 11.5 Å². The van der Waals surface area contributed by atoms with Gasteiger partial charge in [0.25, 0.3) is 0 Å². The summed E-state index contributed by atoms with van der Waals surface area (Å²) in [6.45, 7) is 2.09. The highest BCUT2D eigenvalue weighted by Crippen LogP contribution is 2.33. The van der Waals surface area contributed by atoms with Crippen LogP contribution in [0.4, 0.5) is 5.95 Å². The molecule has 3 heterocycles. The smallest absolute Gasteiger partial charge is 0.248 e. The fraction of sp³-hybridized carbons (Fsp3) is 0.375. The number of benzene rings is 2. The van der Waals surface area contributed by atoms with Crippen LogP contribution in [0.2, 0.25) is 0 Å². The first kappa shape index (κ1) is 23.3. The van der Waals surface area contributed by atoms with Gasteiger partial charge in [-0.05, 0) is 30.5 Å². The fourth-order valence-corrected chi connectivity index (χ4v) is 5.71. The molecule has 0 bridgehead atoms. The van der Waals surface area contributed by atoms with Gasteiger partial charge in [-0.15, -0.1) is 5.10 Å². The SMILES string of the molecule is O=C(Nc1ncn(Cc2ccccc2)n1)C1CCN(S(=O)(=O)c2ccc3c(c2)OCCCO3)CC1. The van der Waals surface area contributed by atoms with Crippen LogP contribution in [0.3, 0.4) is 0 Å². The van der Waals surface area contributed by atoms with E-state index >= 15 is 0 Å². The van der Waals surface area contributed by atoms with Gasteiger partial charge >= 0.3 is 0 Å². The van der Waals surface area contributed by atoms with Gasteiger partial charge in [-0.25, -0.2) is 18.1 Å². The van der Waals surface area contributed by atoms with Gasteiger partial charge in [0.15, 0.2) is 11.5 Å². The number of fused-ring (bicyclic) bond motifs is 1. The number of hydrogen-bond acceptors (Lipinski definition) is 7. The topological polar surface area (TPSA) is 116 Å². The molecule has 1 fully saturated rings. The second kappa shape index (κ2) is 10.0. The number of amides is 1. The van der Waals surface area contributed by atoms with Crippen molar-refractivity contribution in [2.45, 2.75) is 30.7 Å². The van der Waals surface area contributed by atoms with Crippen LogP contribution in [0.1, 0.15) is 24.8 Å². The van der Waals surface area contributed by atoms with Crippen LogP contribution in [0.15, 0.2) is 59.8 Å². The van der Waals surface area contributed by atoms with Gasteiger partial charge in [-0.3, -0.25) is 10.1 Å². The van der Waals surface area contributed by atoms with Gasteiger partial charge in [-0.1, -0.05) is 30.3 Å². The molecule has 3 aromatic rings. The molecule has 2 aromatic carbocycles. The predicted octanol–water partition coefficient (Wildman–Crippen LogP) is 2.53. The fourth-order valence-electron chi connectivity index (χ4n) is 4.22. The summed E-state index contributed by atoms with van der Waals surface area (Å²) in [5, 5.41) is 7.08. The van der Waals surface area contributed by atoms with Gasteiger partial charge in [0, 0.05) is 31.5 Å². The normalized spacial score (nSPS) is 17.0. The Bertz CT molecular complexity index is 1290. The van der Waals surface area contributed by atoms with Crippen molar-refractivity contribution in [2.75, 3.05) is 31.6 Å². The second-order valence-electron chi connectivity index (χ2n) is 8.58. The van der Waals surface area contributed by atoms with Crippen LogP contribution in [-0.2, 0) is 21.4 Å². The molecule has 10 nitrogen and oxygen atoms in total. The molecule has 35 heavy (non-hydrogen) atoms. The molecule has 2 aliphatic rings. The molecule has 2 aliphatic heterocycles. The predicted molar refractivity (Wildman–Crippen MR) is 128 cm³/mol. The Labute approximate surface area is 203 Å². The van der Waals surface area contributed by atoms with Crippen molar-refractivity contribution < 1.29 is 22.7 Å². The summed E-state index contributed by atoms with van der Waals surface area (Å²) in [4.78, 5) is 17.1. The van der Waals surface area contributed by atoms with E-state index in [-0.39, 0.29) is 35.8 Å². The van der Waals surface area contributed by atoms with Crippen molar-refractivity contribution in [3.05, 3.63) is 60.4 Å². The first-order valence-corrected chi connectivity index (χ1v) is 13.1. The van der Waals surface area contributed by atoms with E-state index in [0.29, 0.717) is 44.1 Å². The summed E-state index contributed by atoms with van der Waals surface area (Å²) >= 11 is 0. The zero-order valence-corrected chi connectivity index (χ0v) is 20.0. The van der Waals surface area contributed by atoms with Crippen LogP contribution in [0.25, 0.3) is 0 Å². The molecule has 1 amide bonds. The van der Waals surface area contributed by atoms with Gasteiger partial charge in [-0.2, -0.15) is 4.31 Å². The van der Waals surface area contributed by atoms with Gasteiger partial charge < -0.3 is 9.47 Å². The number of aromatic nitrogens is 3. The van der Waals surface area contributed by atoms with Crippen LogP contribution in [0, 0.1) is 5.92 Å². The van der Waals surface area contributed by atoms with Crippen molar-refractivity contribution in [2.24, 2.45) is 5.92 Å². The summed E-state index contributed by atoms with van der Waals surface area (Å²) < 4.78 is 40.7. The monoisotopic (exact) mass is 497 g/mol. The molecule has 0 unspecified atom stereocenters. The molecule has 5 rings (SSSR count). The van der Waals surface area contributed by atoms with E-state index in [1.165, 1.54) is 10.4 Å². The van der Waals surface area contributed by atoms with Crippen LogP contribution in [-0.4, -0.2) is 59.7 Å². The average molecular weight is 498 g/mol. The number of anilines is 1. The standard InChI is InChI=1S/C24H27N5O5S/c30-23(26-24-25-17-28(27-24)16-18-5-2-1-3-6-18)19-9-11-29(12-10-19)35(31,32)20-7-8-21-22(15-20)34-14-4-13-33-21/h1-3,5-8,15,17,19H,4,9-14,16H2,(H,26,27,30). The van der Waals surface area contributed by atoms with E-state index in [1.54, 1.807) is 23.1 Å². The quantitative estimate of drug-likeness (QED) is 0.556. The first-order chi connectivity index (χ1) is 17.0. The molecular formula is C24H27N5O5S. The average Bonchev–Trinajstić information content (AvgIpc) is 3.17. The highest BCUT2D eigenvalue weighted by Gasteiger charge is 2.33. The van der Waals surface area contributed by atoms with E-state index in [4.69, 9.17) is 9.47 Å². The molecule has 1 saturated heterocycles. The minimum atomic E-state index is -3.70. The highest BCUT2D eigenvalue weighted by atomic mass is 32.2. The number of ether oxygens (including phenoxy) is 2. The summed E-state index contributed by atoms with van der Waals surface area (Å²) in [5.74, 6) is 0.725. The third-order valence-electron chi connectivity index (χ3n) is 6.14. The summed E-state index contributed by atoms with van der Waals surface area (Å²) in [6.07, 6.45) is 3.16. The number of nitrogens with zero attached hydrogens (tertiary/aromatic N) is 4. The molecule has 0 spiro atoms. The van der Waals surface area contributed by atoms with Crippen molar-refractivity contribution >= 4 is 21.9 Å². The lowest BCUT2D eigenvalue weighted by Crippen LogP contribution is -2.41. The maximum absolute atomic E-state index is 13.2. The lowest BCUT2D eigenvalue weighted by Gasteiger charge is -2.30. The maximum atomic E-state index is 13.2. The lowest BCUT2D eigenvalue weighted by atomic mass is 9.97. The number of rotatable bonds is 6. The lowest BCUT2D eigenvalue weighted by molar-refractivity contribution is -0.121. The number of carbonyl (C=O) groups excluding carboxylic acids is 1. The molecule has 0 atom stereocenters. The van der Waals surface area contributed by atoms with Gasteiger partial charge in [0.1, 0.15) is 6.33 Å². The molecule has 0 radical (unpaired) electrons. The molecule has 0 aliphatic carbocycles. The Morgan fingerprint density at radius 1 is 1.03 bits per heavy atom. The number of carbonyl (C=O) groups is 1. The van der Waals surface area contributed by atoms with Crippen molar-refractivity contribution in [1.82, 2.24) is 19.1 Å². The summed E-state index contributed by atoms with van der Waals surface area (Å²) in [5.41, 5.74) is 1.08. The Morgan fingerprint density at radius 2 is 1.77 bits per heavy atom. The Balaban J connectivity index is 1.17. The van der Waals surface area contributed by atoms with E-state index in [1.807, 2.05) is 30.3 Å². The van der Waals surface area contributed by atoms with Crippen LogP contribution >= 0.6 is 0 Å². The summed E-state index contributed by atoms with van der Waals surface area (Å²) in [7, 11) is -3.70. The molecule has 1 aromatic heterocycles. The van der Waals surface area contributed by atoms with E-state index < -0.39 is 10.0 Å². The summed E-state index contributed by atoms with van der Waals surface area (Å²) in [6, 6.07) is 14.5. The Hall–Kier alpha value is -3.44. The zero-order valence-electron chi connectivity index (χ0n) is 19.2. The molecule has 184 valence electrons. The minimum absolute atomic E-state index is 0.165. The van der Waals surface area contributed by atoms with Crippen LogP contribution < -0.4 is 14.8 Å². The largest absolute Gasteiger partial charge is 0.490 e. The molecular weight excluding hydrogens is 470 g/mol. The van der Waals surface area contributed by atoms with Crippen molar-refractivity contribution in [1.29, 1.82) is 0 Å². The number of hydrogen-bond donors (Lipinski definition) is 1. The van der Waals surface area contributed by atoms with E-state index in [2.05, 4.69) is 15.4 Å². The third kappa shape index (κ3) is 5.30. The zero-order chi connectivity index (χ0) is 24.3. The number of sulfonamides is 1. The highest BCUT2D eigenvalue weighted by molar-refractivity contribution is 7.89. The minimum Gasteiger partial charge on any atom is -0.490 e. The molecule has 0 saturated carbocycles.